The second-order valence-electron chi connectivity index (χ2n) is 5.59. The highest BCUT2D eigenvalue weighted by Crippen LogP contribution is 2.18. The first-order chi connectivity index (χ1) is 9.67. The van der Waals surface area contributed by atoms with Crippen LogP contribution in [-0.2, 0) is 9.59 Å². The smallest absolute Gasteiger partial charge is 0.328 e. The van der Waals surface area contributed by atoms with Gasteiger partial charge in [0.1, 0.15) is 11.4 Å². The quantitative estimate of drug-likeness (QED) is 0.808. The Hall–Kier alpha value is -2.37. The molecule has 0 unspecified atom stereocenters. The van der Waals surface area contributed by atoms with Crippen molar-refractivity contribution in [2.75, 3.05) is 6.61 Å². The Balaban J connectivity index is 2.79. The van der Waals surface area contributed by atoms with Gasteiger partial charge in [0, 0.05) is 17.3 Å². The molecular weight excluding hydrogens is 272 g/mol. The third-order valence-electron chi connectivity index (χ3n) is 2.28. The second kappa shape index (κ2) is 6.88. The normalized spacial score (nSPS) is 11.4. The van der Waals surface area contributed by atoms with E-state index in [1.165, 1.54) is 6.08 Å². The monoisotopic (exact) mass is 292 g/mol. The summed E-state index contributed by atoms with van der Waals surface area (Å²) in [7, 11) is 0. The van der Waals surface area contributed by atoms with Gasteiger partial charge in [0.15, 0.2) is 6.61 Å². The van der Waals surface area contributed by atoms with E-state index in [0.717, 1.165) is 11.8 Å². The van der Waals surface area contributed by atoms with Gasteiger partial charge in [-0.05, 0) is 45.9 Å². The molecule has 1 aromatic heterocycles. The number of pyridine rings is 1. The van der Waals surface area contributed by atoms with Crippen molar-refractivity contribution in [3.63, 3.8) is 0 Å². The Morgan fingerprint density at radius 2 is 2.05 bits per heavy atom. The summed E-state index contributed by atoms with van der Waals surface area (Å²) in [5, 5.41) is 11.4. The summed E-state index contributed by atoms with van der Waals surface area (Å²) in [6.07, 6.45) is 2.32. The number of carbonyl (C=O) groups is 2. The van der Waals surface area contributed by atoms with Crippen LogP contribution in [0.25, 0.3) is 6.08 Å². The van der Waals surface area contributed by atoms with Crippen LogP contribution in [0.4, 0.5) is 0 Å². The number of hydrogen-bond donors (Lipinski definition) is 2. The first kappa shape index (κ1) is 16.7. The number of rotatable bonds is 5. The van der Waals surface area contributed by atoms with Gasteiger partial charge in [-0.15, -0.1) is 0 Å². The lowest BCUT2D eigenvalue weighted by atomic mass is 10.1. The van der Waals surface area contributed by atoms with E-state index >= 15 is 0 Å². The summed E-state index contributed by atoms with van der Waals surface area (Å²) in [4.78, 5) is 26.5. The molecule has 6 nitrogen and oxygen atoms in total. The zero-order valence-corrected chi connectivity index (χ0v) is 12.6. The molecule has 0 aromatic carbocycles. The van der Waals surface area contributed by atoms with Gasteiger partial charge < -0.3 is 15.2 Å². The SMILES string of the molecule is Cc1ccc(OCC(=O)NC(C)(C)C)c(C=CC(=O)O)n1. The molecule has 21 heavy (non-hydrogen) atoms. The van der Waals surface area contributed by atoms with Gasteiger partial charge in [-0.25, -0.2) is 9.78 Å². The van der Waals surface area contributed by atoms with Gasteiger partial charge in [-0.2, -0.15) is 0 Å². The molecule has 114 valence electrons. The molecule has 0 spiro atoms. The highest BCUT2D eigenvalue weighted by atomic mass is 16.5. The van der Waals surface area contributed by atoms with Gasteiger partial charge in [-0.1, -0.05) is 0 Å². The van der Waals surface area contributed by atoms with Crippen LogP contribution in [0.5, 0.6) is 5.75 Å². The van der Waals surface area contributed by atoms with Gasteiger partial charge >= 0.3 is 5.97 Å². The summed E-state index contributed by atoms with van der Waals surface area (Å²) in [6.45, 7) is 7.25. The largest absolute Gasteiger partial charge is 0.482 e. The fourth-order valence-electron chi connectivity index (χ4n) is 1.55. The molecule has 0 aliphatic carbocycles. The Kier molecular flexibility index (Phi) is 5.46. The van der Waals surface area contributed by atoms with Crippen molar-refractivity contribution >= 4 is 18.0 Å². The highest BCUT2D eigenvalue weighted by molar-refractivity contribution is 5.85. The van der Waals surface area contributed by atoms with E-state index in [0.29, 0.717) is 11.4 Å². The molecule has 0 radical (unpaired) electrons. The van der Waals surface area contributed by atoms with E-state index < -0.39 is 5.97 Å². The van der Waals surface area contributed by atoms with Crippen LogP contribution in [0, 0.1) is 6.92 Å². The zero-order valence-electron chi connectivity index (χ0n) is 12.6. The lowest BCUT2D eigenvalue weighted by molar-refractivity contribution is -0.131. The Labute approximate surface area is 123 Å². The number of carbonyl (C=O) groups excluding carboxylic acids is 1. The van der Waals surface area contributed by atoms with Crippen molar-refractivity contribution in [1.29, 1.82) is 0 Å². The van der Waals surface area contributed by atoms with Gasteiger partial charge in [0.2, 0.25) is 0 Å². The maximum atomic E-state index is 11.7. The molecule has 0 aliphatic rings. The first-order valence-corrected chi connectivity index (χ1v) is 6.50. The molecule has 0 atom stereocenters. The number of carboxylic acids is 1. The van der Waals surface area contributed by atoms with E-state index in [1.54, 1.807) is 19.1 Å². The molecule has 1 amide bonds. The number of amides is 1. The number of aliphatic carboxylic acids is 1. The van der Waals surface area contributed by atoms with Crippen LogP contribution >= 0.6 is 0 Å². The maximum absolute atomic E-state index is 11.7. The summed E-state index contributed by atoms with van der Waals surface area (Å²) < 4.78 is 5.41. The van der Waals surface area contributed by atoms with Crippen LogP contribution in [0.1, 0.15) is 32.2 Å². The average Bonchev–Trinajstić information content (AvgIpc) is 2.33. The number of aromatic nitrogens is 1. The molecule has 1 rings (SSSR count). The highest BCUT2D eigenvalue weighted by Gasteiger charge is 2.14. The molecule has 0 bridgehead atoms. The maximum Gasteiger partial charge on any atom is 0.328 e. The van der Waals surface area contributed by atoms with Crippen molar-refractivity contribution in [3.8, 4) is 5.75 Å². The number of nitrogens with one attached hydrogen (secondary N) is 1. The number of carboxylic acid groups (broad SMARTS) is 1. The van der Waals surface area contributed by atoms with E-state index in [1.807, 2.05) is 20.8 Å². The Morgan fingerprint density at radius 1 is 1.38 bits per heavy atom. The molecule has 0 saturated heterocycles. The van der Waals surface area contributed by atoms with Crippen molar-refractivity contribution in [1.82, 2.24) is 10.3 Å². The number of ether oxygens (including phenoxy) is 1. The van der Waals surface area contributed by atoms with Gasteiger partial charge in [0.05, 0.1) is 0 Å². The lowest BCUT2D eigenvalue weighted by Gasteiger charge is -2.20. The Morgan fingerprint density at radius 3 is 2.62 bits per heavy atom. The molecule has 0 saturated carbocycles. The van der Waals surface area contributed by atoms with Crippen molar-refractivity contribution < 1.29 is 19.4 Å². The predicted octanol–water partition coefficient (Wildman–Crippen LogP) is 1.78. The minimum atomic E-state index is -1.07. The van der Waals surface area contributed by atoms with Crippen LogP contribution in [0.3, 0.4) is 0 Å². The molecule has 1 aromatic rings. The molecule has 1 heterocycles. The van der Waals surface area contributed by atoms with Crippen molar-refractivity contribution in [2.45, 2.75) is 33.2 Å². The second-order valence-corrected chi connectivity index (χ2v) is 5.59. The summed E-state index contributed by atoms with van der Waals surface area (Å²) in [5.74, 6) is -0.965. The summed E-state index contributed by atoms with van der Waals surface area (Å²) in [5.41, 5.74) is 0.769. The van der Waals surface area contributed by atoms with E-state index in [-0.39, 0.29) is 18.1 Å². The van der Waals surface area contributed by atoms with Gasteiger partial charge in [0.25, 0.3) is 5.91 Å². The van der Waals surface area contributed by atoms with Gasteiger partial charge in [-0.3, -0.25) is 4.79 Å². The molecular formula is C15H20N2O4. The van der Waals surface area contributed by atoms with Crippen LogP contribution in [-0.4, -0.2) is 34.1 Å². The van der Waals surface area contributed by atoms with E-state index in [9.17, 15) is 9.59 Å². The molecule has 2 N–H and O–H groups in total. The summed E-state index contributed by atoms with van der Waals surface area (Å²) in [6, 6.07) is 3.39. The van der Waals surface area contributed by atoms with Crippen molar-refractivity contribution in [2.24, 2.45) is 0 Å². The molecule has 0 aliphatic heterocycles. The lowest BCUT2D eigenvalue weighted by Crippen LogP contribution is -2.43. The number of aryl methyl sites for hydroxylation is 1. The first-order valence-electron chi connectivity index (χ1n) is 6.50. The van der Waals surface area contributed by atoms with Crippen molar-refractivity contribution in [3.05, 3.63) is 29.6 Å². The number of hydrogen-bond acceptors (Lipinski definition) is 4. The fraction of sp³-hybridized carbons (Fsp3) is 0.400. The topological polar surface area (TPSA) is 88.5 Å². The third kappa shape index (κ3) is 6.56. The van der Waals surface area contributed by atoms with E-state index in [4.69, 9.17) is 9.84 Å². The zero-order chi connectivity index (χ0) is 16.0. The van der Waals surface area contributed by atoms with Crippen LogP contribution in [0.2, 0.25) is 0 Å². The standard InChI is InChI=1S/C15H20N2O4/c1-10-5-7-12(11(16-10)6-8-14(19)20)21-9-13(18)17-15(2,3)4/h5-8H,9H2,1-4H3,(H,17,18)(H,19,20). The van der Waals surface area contributed by atoms with Crippen LogP contribution in [0.15, 0.2) is 18.2 Å². The molecule has 0 fully saturated rings. The van der Waals surface area contributed by atoms with Crippen LogP contribution < -0.4 is 10.1 Å². The number of nitrogens with zero attached hydrogens (tertiary/aromatic N) is 1. The fourth-order valence-corrected chi connectivity index (χ4v) is 1.55. The van der Waals surface area contributed by atoms with E-state index in [2.05, 4.69) is 10.3 Å². The Bertz CT molecular complexity index is 559. The minimum absolute atomic E-state index is 0.157. The third-order valence-corrected chi connectivity index (χ3v) is 2.28. The average molecular weight is 292 g/mol. The molecule has 6 heteroatoms. The minimum Gasteiger partial charge on any atom is -0.482 e. The summed E-state index contributed by atoms with van der Waals surface area (Å²) >= 11 is 0. The predicted molar refractivity (Wildman–Crippen MR) is 79.0 cm³/mol.